The number of thiophene rings is 1. The summed E-state index contributed by atoms with van der Waals surface area (Å²) < 4.78 is 13.5. The molecule has 17 heavy (non-hydrogen) atoms. The van der Waals surface area contributed by atoms with Crippen LogP contribution in [0.2, 0.25) is 0 Å². The standard InChI is InChI=1S/C13H15FN2S/c1-9-6-7-17-13(9)12(8-15)16-11-5-3-2-4-10(11)14/h2-7,12,16H,8,15H2,1H3. The van der Waals surface area contributed by atoms with E-state index in [4.69, 9.17) is 5.73 Å². The summed E-state index contributed by atoms with van der Waals surface area (Å²) in [6.07, 6.45) is 0. The number of nitrogens with two attached hydrogens (primary N) is 1. The molecular formula is C13H15FN2S. The molecule has 0 bridgehead atoms. The Morgan fingerprint density at radius 1 is 1.35 bits per heavy atom. The lowest BCUT2D eigenvalue weighted by Gasteiger charge is -2.18. The summed E-state index contributed by atoms with van der Waals surface area (Å²) >= 11 is 1.64. The number of nitrogens with one attached hydrogen (secondary N) is 1. The molecule has 90 valence electrons. The van der Waals surface area contributed by atoms with Crippen LogP contribution in [0, 0.1) is 12.7 Å². The first kappa shape index (κ1) is 12.1. The molecule has 0 saturated heterocycles. The molecule has 0 radical (unpaired) electrons. The molecule has 0 aliphatic carbocycles. The Hall–Kier alpha value is -1.39. The van der Waals surface area contributed by atoms with E-state index in [1.165, 1.54) is 11.6 Å². The molecule has 2 nitrogen and oxygen atoms in total. The minimum absolute atomic E-state index is 0.0353. The van der Waals surface area contributed by atoms with E-state index in [9.17, 15) is 4.39 Å². The van der Waals surface area contributed by atoms with Crippen LogP contribution in [0.5, 0.6) is 0 Å². The molecule has 3 N–H and O–H groups in total. The van der Waals surface area contributed by atoms with Crippen molar-refractivity contribution in [3.63, 3.8) is 0 Å². The van der Waals surface area contributed by atoms with E-state index in [1.54, 1.807) is 29.5 Å². The van der Waals surface area contributed by atoms with Gasteiger partial charge in [-0.1, -0.05) is 12.1 Å². The zero-order valence-corrected chi connectivity index (χ0v) is 10.4. The Labute approximate surface area is 104 Å². The Kier molecular flexibility index (Phi) is 3.76. The largest absolute Gasteiger partial charge is 0.374 e. The number of rotatable bonds is 4. The maximum absolute atomic E-state index is 13.5. The molecule has 0 amide bonds. The van der Waals surface area contributed by atoms with Gasteiger partial charge >= 0.3 is 0 Å². The van der Waals surface area contributed by atoms with Gasteiger partial charge < -0.3 is 11.1 Å². The van der Waals surface area contributed by atoms with E-state index in [0.717, 1.165) is 4.88 Å². The minimum Gasteiger partial charge on any atom is -0.374 e. The summed E-state index contributed by atoms with van der Waals surface area (Å²) in [7, 11) is 0. The van der Waals surface area contributed by atoms with Crippen molar-refractivity contribution in [3.8, 4) is 0 Å². The molecule has 1 aromatic carbocycles. The van der Waals surface area contributed by atoms with Crippen LogP contribution in [-0.4, -0.2) is 6.54 Å². The van der Waals surface area contributed by atoms with Gasteiger partial charge in [0.1, 0.15) is 5.82 Å². The number of aryl methyl sites for hydroxylation is 1. The lowest BCUT2D eigenvalue weighted by Crippen LogP contribution is -2.20. The summed E-state index contributed by atoms with van der Waals surface area (Å²) in [6.45, 7) is 2.48. The molecule has 1 aromatic heterocycles. The van der Waals surface area contributed by atoms with Crippen molar-refractivity contribution in [1.29, 1.82) is 0 Å². The van der Waals surface area contributed by atoms with Crippen LogP contribution in [0.4, 0.5) is 10.1 Å². The second-order valence-electron chi connectivity index (χ2n) is 3.88. The summed E-state index contributed by atoms with van der Waals surface area (Å²) in [5.74, 6) is -0.250. The number of hydrogen-bond donors (Lipinski definition) is 2. The zero-order valence-electron chi connectivity index (χ0n) is 9.61. The van der Waals surface area contributed by atoms with Gasteiger partial charge in [-0.05, 0) is 36.1 Å². The maximum atomic E-state index is 13.5. The summed E-state index contributed by atoms with van der Waals surface area (Å²) in [5, 5.41) is 5.17. The van der Waals surface area contributed by atoms with E-state index < -0.39 is 0 Å². The van der Waals surface area contributed by atoms with Crippen molar-refractivity contribution in [2.75, 3.05) is 11.9 Å². The first-order chi connectivity index (χ1) is 8.22. The molecule has 1 atom stereocenters. The van der Waals surface area contributed by atoms with Gasteiger partial charge in [0.25, 0.3) is 0 Å². The average molecular weight is 250 g/mol. The monoisotopic (exact) mass is 250 g/mol. The fraction of sp³-hybridized carbons (Fsp3) is 0.231. The first-order valence-corrected chi connectivity index (χ1v) is 6.35. The van der Waals surface area contributed by atoms with Gasteiger partial charge in [0.15, 0.2) is 0 Å². The topological polar surface area (TPSA) is 38.0 Å². The molecule has 4 heteroatoms. The normalized spacial score (nSPS) is 12.4. The van der Waals surface area contributed by atoms with E-state index in [-0.39, 0.29) is 11.9 Å². The minimum atomic E-state index is -0.250. The van der Waals surface area contributed by atoms with Crippen LogP contribution in [0.25, 0.3) is 0 Å². The molecule has 0 saturated carbocycles. The van der Waals surface area contributed by atoms with Crippen LogP contribution in [0.3, 0.4) is 0 Å². The van der Waals surface area contributed by atoms with E-state index in [1.807, 2.05) is 18.4 Å². The highest BCUT2D eigenvalue weighted by molar-refractivity contribution is 7.10. The van der Waals surface area contributed by atoms with Crippen molar-refractivity contribution in [3.05, 3.63) is 52.0 Å². The fourth-order valence-corrected chi connectivity index (χ4v) is 2.73. The number of halogens is 1. The van der Waals surface area contributed by atoms with Gasteiger partial charge in [0.2, 0.25) is 0 Å². The lowest BCUT2D eigenvalue weighted by molar-refractivity contribution is 0.626. The van der Waals surface area contributed by atoms with Gasteiger partial charge in [0, 0.05) is 11.4 Å². The quantitative estimate of drug-likeness (QED) is 0.873. The highest BCUT2D eigenvalue weighted by atomic mass is 32.1. The van der Waals surface area contributed by atoms with Crippen LogP contribution in [0.15, 0.2) is 35.7 Å². The van der Waals surface area contributed by atoms with Crippen molar-refractivity contribution < 1.29 is 4.39 Å². The van der Waals surface area contributed by atoms with Crippen LogP contribution >= 0.6 is 11.3 Å². The highest BCUT2D eigenvalue weighted by Crippen LogP contribution is 2.27. The van der Waals surface area contributed by atoms with Crippen molar-refractivity contribution in [2.24, 2.45) is 5.73 Å². The van der Waals surface area contributed by atoms with Crippen molar-refractivity contribution in [2.45, 2.75) is 13.0 Å². The average Bonchev–Trinajstić information content (AvgIpc) is 2.75. The van der Waals surface area contributed by atoms with E-state index in [2.05, 4.69) is 5.32 Å². The molecule has 2 rings (SSSR count). The number of para-hydroxylation sites is 1. The Morgan fingerprint density at radius 2 is 2.12 bits per heavy atom. The smallest absolute Gasteiger partial charge is 0.146 e. The van der Waals surface area contributed by atoms with E-state index in [0.29, 0.717) is 12.2 Å². The first-order valence-electron chi connectivity index (χ1n) is 5.47. The predicted octanol–water partition coefficient (Wildman–Crippen LogP) is 3.31. The molecule has 0 fully saturated rings. The molecule has 0 spiro atoms. The van der Waals surface area contributed by atoms with Crippen LogP contribution < -0.4 is 11.1 Å². The summed E-state index contributed by atoms with van der Waals surface area (Å²) in [4.78, 5) is 1.16. The van der Waals surface area contributed by atoms with Gasteiger partial charge in [-0.15, -0.1) is 11.3 Å². The molecule has 0 aliphatic heterocycles. The lowest BCUT2D eigenvalue weighted by atomic mass is 10.1. The molecule has 0 aliphatic rings. The second kappa shape index (κ2) is 5.29. The molecule has 1 heterocycles. The third-order valence-electron chi connectivity index (χ3n) is 2.66. The third kappa shape index (κ3) is 2.65. The highest BCUT2D eigenvalue weighted by Gasteiger charge is 2.14. The SMILES string of the molecule is Cc1ccsc1C(CN)Nc1ccccc1F. The van der Waals surface area contributed by atoms with Crippen LogP contribution in [-0.2, 0) is 0 Å². The Balaban J connectivity index is 2.22. The van der Waals surface area contributed by atoms with Gasteiger partial charge in [0.05, 0.1) is 11.7 Å². The van der Waals surface area contributed by atoms with Gasteiger partial charge in [-0.25, -0.2) is 4.39 Å². The summed E-state index contributed by atoms with van der Waals surface area (Å²) in [6, 6.07) is 8.66. The second-order valence-corrected chi connectivity index (χ2v) is 4.83. The Morgan fingerprint density at radius 3 is 2.71 bits per heavy atom. The van der Waals surface area contributed by atoms with Crippen molar-refractivity contribution >= 4 is 17.0 Å². The molecule has 1 unspecified atom stereocenters. The number of anilines is 1. The molecule has 2 aromatic rings. The van der Waals surface area contributed by atoms with Crippen LogP contribution in [0.1, 0.15) is 16.5 Å². The van der Waals surface area contributed by atoms with E-state index >= 15 is 0 Å². The van der Waals surface area contributed by atoms with Gasteiger partial charge in [-0.3, -0.25) is 0 Å². The Bertz CT molecular complexity index is 496. The molecular weight excluding hydrogens is 235 g/mol. The third-order valence-corrected chi connectivity index (χ3v) is 3.79. The maximum Gasteiger partial charge on any atom is 0.146 e. The fourth-order valence-electron chi connectivity index (χ4n) is 1.74. The zero-order chi connectivity index (χ0) is 12.3. The summed E-state index contributed by atoms with van der Waals surface area (Å²) in [5.41, 5.74) is 7.44. The number of hydrogen-bond acceptors (Lipinski definition) is 3. The predicted molar refractivity (Wildman–Crippen MR) is 70.9 cm³/mol. The number of benzene rings is 1. The van der Waals surface area contributed by atoms with Crippen molar-refractivity contribution in [1.82, 2.24) is 0 Å². The van der Waals surface area contributed by atoms with Gasteiger partial charge in [-0.2, -0.15) is 0 Å².